The number of hydrogen-bond acceptors (Lipinski definition) is 6. The summed E-state index contributed by atoms with van der Waals surface area (Å²) in [6, 6.07) is 3.33. The number of anilines is 1. The number of pyridine rings is 1. The Labute approximate surface area is 168 Å². The average Bonchev–Trinajstić information content (AvgIpc) is 3.16. The predicted molar refractivity (Wildman–Crippen MR) is 107 cm³/mol. The molecule has 1 amide bonds. The molecule has 0 saturated carbocycles. The quantitative estimate of drug-likeness (QED) is 0.752. The lowest BCUT2D eigenvalue weighted by atomic mass is 9.99. The van der Waals surface area contributed by atoms with Crippen LogP contribution in [-0.4, -0.2) is 40.6 Å². The molecule has 0 aromatic carbocycles. The van der Waals surface area contributed by atoms with Crippen LogP contribution >= 0.6 is 0 Å². The summed E-state index contributed by atoms with van der Waals surface area (Å²) in [5, 5.41) is 16.3. The number of hydrogen-bond donors (Lipinski definition) is 2. The standard InChI is InChI=1S/C19H23N5O4S/c1-11-8-17(24(23-11)14-6-7-29(27,28)10-14)22-18(25)5-4-15-12(2)16(9-20)19(26)21-13(15)3/h8,14H,4-7,10H2,1-3H3,(H,21,26)(H,22,25)/t14-/m1/s1. The van der Waals surface area contributed by atoms with Crippen LogP contribution in [0.5, 0.6) is 0 Å². The summed E-state index contributed by atoms with van der Waals surface area (Å²) in [4.78, 5) is 27.0. The van der Waals surface area contributed by atoms with Gasteiger partial charge in [-0.05, 0) is 44.7 Å². The molecule has 2 aromatic heterocycles. The Morgan fingerprint density at radius 2 is 2.14 bits per heavy atom. The fourth-order valence-corrected chi connectivity index (χ4v) is 5.41. The topological polar surface area (TPSA) is 138 Å². The van der Waals surface area contributed by atoms with Crippen molar-refractivity contribution >= 4 is 21.6 Å². The van der Waals surface area contributed by atoms with Crippen LogP contribution in [0.25, 0.3) is 0 Å². The zero-order valence-electron chi connectivity index (χ0n) is 16.6. The predicted octanol–water partition coefficient (Wildman–Crippen LogP) is 1.30. The van der Waals surface area contributed by atoms with Crippen molar-refractivity contribution in [1.82, 2.24) is 14.8 Å². The highest BCUT2D eigenvalue weighted by atomic mass is 32.2. The van der Waals surface area contributed by atoms with Gasteiger partial charge in [0.15, 0.2) is 9.84 Å². The average molecular weight is 417 g/mol. The summed E-state index contributed by atoms with van der Waals surface area (Å²) in [5.41, 5.74) is 2.30. The van der Waals surface area contributed by atoms with Gasteiger partial charge in [-0.15, -0.1) is 0 Å². The molecule has 2 N–H and O–H groups in total. The fraction of sp³-hybridized carbons (Fsp3) is 0.474. The minimum atomic E-state index is -3.07. The molecule has 10 heteroatoms. The van der Waals surface area contributed by atoms with Gasteiger partial charge in [0, 0.05) is 18.2 Å². The van der Waals surface area contributed by atoms with Crippen LogP contribution in [0.3, 0.4) is 0 Å². The molecule has 0 aliphatic carbocycles. The van der Waals surface area contributed by atoms with Gasteiger partial charge >= 0.3 is 0 Å². The molecule has 2 aromatic rings. The molecular weight excluding hydrogens is 394 g/mol. The summed E-state index contributed by atoms with van der Waals surface area (Å²) in [6.07, 6.45) is 0.977. The van der Waals surface area contributed by atoms with Crippen molar-refractivity contribution in [1.29, 1.82) is 5.26 Å². The number of amides is 1. The zero-order valence-corrected chi connectivity index (χ0v) is 17.4. The van der Waals surface area contributed by atoms with Gasteiger partial charge in [0.2, 0.25) is 5.91 Å². The van der Waals surface area contributed by atoms with Crippen molar-refractivity contribution in [3.63, 3.8) is 0 Å². The third-order valence-corrected chi connectivity index (χ3v) is 6.95. The Morgan fingerprint density at radius 3 is 2.76 bits per heavy atom. The number of carbonyl (C=O) groups is 1. The van der Waals surface area contributed by atoms with Crippen molar-refractivity contribution in [3.05, 3.63) is 44.5 Å². The molecule has 0 spiro atoms. The van der Waals surface area contributed by atoms with E-state index in [4.69, 9.17) is 5.26 Å². The number of carbonyl (C=O) groups excluding carboxylic acids is 1. The second-order valence-electron chi connectivity index (χ2n) is 7.39. The highest BCUT2D eigenvalue weighted by Gasteiger charge is 2.31. The smallest absolute Gasteiger partial charge is 0.266 e. The van der Waals surface area contributed by atoms with Crippen LogP contribution in [0.15, 0.2) is 10.9 Å². The lowest BCUT2D eigenvalue weighted by Crippen LogP contribution is -2.21. The Balaban J connectivity index is 1.74. The lowest BCUT2D eigenvalue weighted by Gasteiger charge is -2.14. The Bertz CT molecular complexity index is 1170. The van der Waals surface area contributed by atoms with E-state index in [0.29, 0.717) is 35.6 Å². The molecule has 1 aliphatic heterocycles. The van der Waals surface area contributed by atoms with E-state index in [1.54, 1.807) is 31.5 Å². The first-order valence-electron chi connectivity index (χ1n) is 9.30. The maximum atomic E-state index is 12.5. The molecular formula is C19H23N5O4S. The van der Waals surface area contributed by atoms with Gasteiger partial charge in [0.1, 0.15) is 17.5 Å². The van der Waals surface area contributed by atoms with Gasteiger partial charge in [-0.1, -0.05) is 0 Å². The van der Waals surface area contributed by atoms with Gasteiger partial charge < -0.3 is 10.3 Å². The molecule has 1 fully saturated rings. The van der Waals surface area contributed by atoms with E-state index in [1.807, 2.05) is 6.07 Å². The van der Waals surface area contributed by atoms with E-state index >= 15 is 0 Å². The molecule has 1 saturated heterocycles. The first-order chi connectivity index (χ1) is 13.6. The molecule has 1 atom stereocenters. The number of nitrogens with zero attached hydrogens (tertiary/aromatic N) is 3. The number of aromatic amines is 1. The normalized spacial score (nSPS) is 17.8. The van der Waals surface area contributed by atoms with Gasteiger partial charge in [-0.3, -0.25) is 9.59 Å². The number of H-pyrrole nitrogens is 1. The van der Waals surface area contributed by atoms with Crippen LogP contribution in [0.4, 0.5) is 5.82 Å². The van der Waals surface area contributed by atoms with Crippen molar-refractivity contribution in [2.45, 2.75) is 46.1 Å². The van der Waals surface area contributed by atoms with E-state index in [-0.39, 0.29) is 35.4 Å². The minimum Gasteiger partial charge on any atom is -0.325 e. The Morgan fingerprint density at radius 1 is 1.41 bits per heavy atom. The summed E-state index contributed by atoms with van der Waals surface area (Å²) >= 11 is 0. The minimum absolute atomic E-state index is 0.0176. The second-order valence-corrected chi connectivity index (χ2v) is 9.62. The van der Waals surface area contributed by atoms with Crippen molar-refractivity contribution in [3.8, 4) is 6.07 Å². The first kappa shape index (κ1) is 20.8. The molecule has 9 nitrogen and oxygen atoms in total. The van der Waals surface area contributed by atoms with Gasteiger partial charge in [0.05, 0.1) is 23.2 Å². The third kappa shape index (κ3) is 4.40. The Kier molecular flexibility index (Phi) is 5.61. The summed E-state index contributed by atoms with van der Waals surface area (Å²) in [6.45, 7) is 5.22. The maximum Gasteiger partial charge on any atom is 0.266 e. The van der Waals surface area contributed by atoms with E-state index in [2.05, 4.69) is 15.4 Å². The molecule has 3 heterocycles. The SMILES string of the molecule is Cc1cc(NC(=O)CCc2c(C)[nH]c(=O)c(C#N)c2C)n([C@@H]2CCS(=O)(=O)C2)n1. The van der Waals surface area contributed by atoms with Gasteiger partial charge in [-0.25, -0.2) is 13.1 Å². The van der Waals surface area contributed by atoms with Crippen LogP contribution in [-0.2, 0) is 21.1 Å². The number of rotatable bonds is 5. The van der Waals surface area contributed by atoms with E-state index in [1.165, 1.54) is 0 Å². The number of aromatic nitrogens is 3. The Hall–Kier alpha value is -2.93. The van der Waals surface area contributed by atoms with Crippen LogP contribution in [0, 0.1) is 32.1 Å². The molecule has 29 heavy (non-hydrogen) atoms. The second kappa shape index (κ2) is 7.83. The van der Waals surface area contributed by atoms with Crippen molar-refractivity contribution < 1.29 is 13.2 Å². The fourth-order valence-electron chi connectivity index (χ4n) is 3.72. The van der Waals surface area contributed by atoms with Crippen LogP contribution in [0.2, 0.25) is 0 Å². The number of nitriles is 1. The van der Waals surface area contributed by atoms with Crippen LogP contribution < -0.4 is 10.9 Å². The highest BCUT2D eigenvalue weighted by molar-refractivity contribution is 7.91. The molecule has 3 rings (SSSR count). The molecule has 154 valence electrons. The highest BCUT2D eigenvalue weighted by Crippen LogP contribution is 2.27. The van der Waals surface area contributed by atoms with E-state index < -0.39 is 15.4 Å². The van der Waals surface area contributed by atoms with Crippen molar-refractivity contribution in [2.24, 2.45) is 0 Å². The monoisotopic (exact) mass is 417 g/mol. The summed E-state index contributed by atoms with van der Waals surface area (Å²) in [5.74, 6) is 0.359. The number of sulfone groups is 1. The molecule has 0 unspecified atom stereocenters. The molecule has 0 bridgehead atoms. The van der Waals surface area contributed by atoms with Crippen molar-refractivity contribution in [2.75, 3.05) is 16.8 Å². The maximum absolute atomic E-state index is 12.5. The van der Waals surface area contributed by atoms with Gasteiger partial charge in [0.25, 0.3) is 5.56 Å². The zero-order chi connectivity index (χ0) is 21.3. The van der Waals surface area contributed by atoms with Gasteiger partial charge in [-0.2, -0.15) is 10.4 Å². The lowest BCUT2D eigenvalue weighted by molar-refractivity contribution is -0.116. The summed E-state index contributed by atoms with van der Waals surface area (Å²) in [7, 11) is -3.07. The van der Waals surface area contributed by atoms with E-state index in [9.17, 15) is 18.0 Å². The first-order valence-corrected chi connectivity index (χ1v) is 11.1. The summed E-state index contributed by atoms with van der Waals surface area (Å²) < 4.78 is 25.1. The molecule has 0 radical (unpaired) electrons. The number of nitrogens with one attached hydrogen (secondary N) is 2. The third-order valence-electron chi connectivity index (χ3n) is 5.20. The largest absolute Gasteiger partial charge is 0.325 e. The van der Waals surface area contributed by atoms with E-state index in [0.717, 1.165) is 5.56 Å². The molecule has 1 aliphatic rings. The van der Waals surface area contributed by atoms with Crippen LogP contribution in [0.1, 0.15) is 47.0 Å². The number of aryl methyl sites for hydroxylation is 2.